The van der Waals surface area contributed by atoms with Crippen LogP contribution in [0, 0.1) is 6.92 Å². The van der Waals surface area contributed by atoms with Crippen molar-refractivity contribution in [3.05, 3.63) is 11.9 Å². The Morgan fingerprint density at radius 2 is 2.24 bits per heavy atom. The number of ether oxygens (including phenoxy) is 1. The minimum Gasteiger partial charge on any atom is -0.377 e. The van der Waals surface area contributed by atoms with Gasteiger partial charge in [-0.05, 0) is 27.2 Å². The van der Waals surface area contributed by atoms with Gasteiger partial charge in [0, 0.05) is 25.9 Å². The largest absolute Gasteiger partial charge is 0.377 e. The van der Waals surface area contributed by atoms with Gasteiger partial charge in [-0.3, -0.25) is 0 Å². The SMILES string of the molecule is CCCCn1cc(C)nc1NCC(C)OCC. The average molecular weight is 239 g/mol. The molecule has 0 amide bonds. The zero-order valence-corrected chi connectivity index (χ0v) is 11.5. The van der Waals surface area contributed by atoms with Gasteiger partial charge < -0.3 is 14.6 Å². The third-order valence-electron chi connectivity index (χ3n) is 2.65. The van der Waals surface area contributed by atoms with Crippen molar-refractivity contribution in [2.24, 2.45) is 0 Å². The Labute approximate surface area is 104 Å². The van der Waals surface area contributed by atoms with Crippen LogP contribution in [0.4, 0.5) is 5.95 Å². The maximum absolute atomic E-state index is 5.49. The van der Waals surface area contributed by atoms with Crippen LogP contribution >= 0.6 is 0 Å². The van der Waals surface area contributed by atoms with Crippen molar-refractivity contribution in [1.29, 1.82) is 0 Å². The van der Waals surface area contributed by atoms with E-state index in [1.54, 1.807) is 0 Å². The number of imidazole rings is 1. The molecule has 1 aromatic heterocycles. The quantitative estimate of drug-likeness (QED) is 0.758. The van der Waals surface area contributed by atoms with Crippen LogP contribution in [0.1, 0.15) is 39.3 Å². The zero-order valence-electron chi connectivity index (χ0n) is 11.5. The summed E-state index contributed by atoms with van der Waals surface area (Å²) in [7, 11) is 0. The Bertz CT molecular complexity index is 322. The van der Waals surface area contributed by atoms with Crippen molar-refractivity contribution in [3.8, 4) is 0 Å². The van der Waals surface area contributed by atoms with E-state index >= 15 is 0 Å². The van der Waals surface area contributed by atoms with Crippen molar-refractivity contribution in [1.82, 2.24) is 9.55 Å². The number of anilines is 1. The number of aryl methyl sites for hydroxylation is 2. The van der Waals surface area contributed by atoms with Crippen molar-refractivity contribution in [2.45, 2.75) is 53.2 Å². The van der Waals surface area contributed by atoms with Crippen LogP contribution < -0.4 is 5.32 Å². The van der Waals surface area contributed by atoms with E-state index in [9.17, 15) is 0 Å². The van der Waals surface area contributed by atoms with E-state index in [4.69, 9.17) is 4.74 Å². The number of hydrogen-bond donors (Lipinski definition) is 1. The fourth-order valence-electron chi connectivity index (χ4n) is 1.77. The molecule has 0 fully saturated rings. The maximum atomic E-state index is 5.49. The van der Waals surface area contributed by atoms with Gasteiger partial charge >= 0.3 is 0 Å². The van der Waals surface area contributed by atoms with E-state index < -0.39 is 0 Å². The average Bonchev–Trinajstić information content (AvgIpc) is 2.65. The van der Waals surface area contributed by atoms with Crippen LogP contribution in [0.5, 0.6) is 0 Å². The Morgan fingerprint density at radius 3 is 2.88 bits per heavy atom. The molecule has 0 saturated heterocycles. The van der Waals surface area contributed by atoms with Gasteiger partial charge in [-0.25, -0.2) is 4.98 Å². The number of unbranched alkanes of at least 4 members (excludes halogenated alkanes) is 1. The van der Waals surface area contributed by atoms with Crippen LogP contribution in [0.25, 0.3) is 0 Å². The summed E-state index contributed by atoms with van der Waals surface area (Å²) in [5.74, 6) is 0.961. The molecule has 1 heterocycles. The maximum Gasteiger partial charge on any atom is 0.203 e. The molecule has 0 spiro atoms. The highest BCUT2D eigenvalue weighted by Gasteiger charge is 2.06. The lowest BCUT2D eigenvalue weighted by Crippen LogP contribution is -2.21. The lowest BCUT2D eigenvalue weighted by Gasteiger charge is -2.14. The topological polar surface area (TPSA) is 39.1 Å². The standard InChI is InChI=1S/C13H25N3O/c1-5-7-8-16-10-11(3)15-13(16)14-9-12(4)17-6-2/h10,12H,5-9H2,1-4H3,(H,14,15). The third kappa shape index (κ3) is 4.77. The van der Waals surface area contributed by atoms with Crippen LogP contribution in [0.3, 0.4) is 0 Å². The van der Waals surface area contributed by atoms with Gasteiger partial charge in [0.1, 0.15) is 0 Å². The molecule has 0 saturated carbocycles. The molecule has 1 atom stereocenters. The van der Waals surface area contributed by atoms with Crippen molar-refractivity contribution in [3.63, 3.8) is 0 Å². The smallest absolute Gasteiger partial charge is 0.203 e. The molecule has 1 rings (SSSR count). The molecular formula is C13H25N3O. The molecule has 0 aromatic carbocycles. The molecule has 1 N–H and O–H groups in total. The number of aromatic nitrogens is 2. The molecule has 98 valence electrons. The summed E-state index contributed by atoms with van der Waals surface area (Å²) < 4.78 is 7.68. The molecule has 0 aliphatic heterocycles. The van der Waals surface area contributed by atoms with Gasteiger partial charge in [-0.2, -0.15) is 0 Å². The highest BCUT2D eigenvalue weighted by Crippen LogP contribution is 2.10. The molecule has 0 aliphatic carbocycles. The van der Waals surface area contributed by atoms with Crippen LogP contribution in [-0.2, 0) is 11.3 Å². The highest BCUT2D eigenvalue weighted by atomic mass is 16.5. The predicted molar refractivity (Wildman–Crippen MR) is 71.4 cm³/mol. The lowest BCUT2D eigenvalue weighted by molar-refractivity contribution is 0.0853. The Balaban J connectivity index is 2.50. The first-order chi connectivity index (χ1) is 8.17. The molecule has 0 radical (unpaired) electrons. The summed E-state index contributed by atoms with van der Waals surface area (Å²) >= 11 is 0. The van der Waals surface area contributed by atoms with E-state index in [1.165, 1.54) is 12.8 Å². The van der Waals surface area contributed by atoms with Gasteiger partial charge in [-0.1, -0.05) is 13.3 Å². The summed E-state index contributed by atoms with van der Waals surface area (Å²) in [6.45, 7) is 10.9. The van der Waals surface area contributed by atoms with E-state index in [-0.39, 0.29) is 6.10 Å². The van der Waals surface area contributed by atoms with Gasteiger partial charge in [0.05, 0.1) is 11.8 Å². The molecule has 1 aromatic rings. The summed E-state index contributed by atoms with van der Waals surface area (Å²) in [6.07, 6.45) is 4.71. The number of rotatable bonds is 8. The van der Waals surface area contributed by atoms with Gasteiger partial charge in [0.2, 0.25) is 5.95 Å². The third-order valence-corrected chi connectivity index (χ3v) is 2.65. The van der Waals surface area contributed by atoms with Crippen molar-refractivity contribution >= 4 is 5.95 Å². The Kier molecular flexibility index (Phi) is 6.05. The molecule has 0 aliphatic rings. The normalized spacial score (nSPS) is 12.7. The van der Waals surface area contributed by atoms with Gasteiger partial charge in [-0.15, -0.1) is 0 Å². The van der Waals surface area contributed by atoms with Crippen LogP contribution in [0.2, 0.25) is 0 Å². The zero-order chi connectivity index (χ0) is 12.7. The molecule has 17 heavy (non-hydrogen) atoms. The minimum absolute atomic E-state index is 0.219. The second-order valence-corrected chi connectivity index (χ2v) is 4.40. The molecule has 1 unspecified atom stereocenters. The first kappa shape index (κ1) is 14.0. The van der Waals surface area contributed by atoms with E-state index in [0.717, 1.165) is 31.3 Å². The minimum atomic E-state index is 0.219. The van der Waals surface area contributed by atoms with E-state index in [0.29, 0.717) is 0 Å². The number of nitrogens with zero attached hydrogens (tertiary/aromatic N) is 2. The predicted octanol–water partition coefficient (Wildman–Crippen LogP) is 2.83. The Hall–Kier alpha value is -1.03. The molecule has 4 heteroatoms. The highest BCUT2D eigenvalue weighted by molar-refractivity contribution is 5.28. The second kappa shape index (κ2) is 7.33. The van der Waals surface area contributed by atoms with E-state index in [2.05, 4.69) is 34.9 Å². The summed E-state index contributed by atoms with van der Waals surface area (Å²) in [4.78, 5) is 4.49. The fourth-order valence-corrected chi connectivity index (χ4v) is 1.77. The summed E-state index contributed by atoms with van der Waals surface area (Å²) in [6, 6.07) is 0. The van der Waals surface area contributed by atoms with Crippen LogP contribution in [0.15, 0.2) is 6.20 Å². The first-order valence-electron chi connectivity index (χ1n) is 6.56. The summed E-state index contributed by atoms with van der Waals surface area (Å²) in [5.41, 5.74) is 1.06. The number of hydrogen-bond acceptors (Lipinski definition) is 3. The molecule has 0 bridgehead atoms. The lowest BCUT2D eigenvalue weighted by atomic mass is 10.3. The Morgan fingerprint density at radius 1 is 1.47 bits per heavy atom. The fraction of sp³-hybridized carbons (Fsp3) is 0.769. The first-order valence-corrected chi connectivity index (χ1v) is 6.56. The second-order valence-electron chi connectivity index (χ2n) is 4.40. The summed E-state index contributed by atoms with van der Waals surface area (Å²) in [5, 5.41) is 3.35. The monoisotopic (exact) mass is 239 g/mol. The molecular weight excluding hydrogens is 214 g/mol. The number of nitrogens with one attached hydrogen (secondary N) is 1. The van der Waals surface area contributed by atoms with Crippen molar-refractivity contribution < 1.29 is 4.74 Å². The van der Waals surface area contributed by atoms with E-state index in [1.807, 2.05) is 13.8 Å². The van der Waals surface area contributed by atoms with Crippen molar-refractivity contribution in [2.75, 3.05) is 18.5 Å². The van der Waals surface area contributed by atoms with Gasteiger partial charge in [0.15, 0.2) is 0 Å². The molecule has 4 nitrogen and oxygen atoms in total. The van der Waals surface area contributed by atoms with Crippen LogP contribution in [-0.4, -0.2) is 28.8 Å². The van der Waals surface area contributed by atoms with Gasteiger partial charge in [0.25, 0.3) is 0 Å².